The van der Waals surface area contributed by atoms with Crippen molar-refractivity contribution in [3.05, 3.63) is 0 Å². The van der Waals surface area contributed by atoms with Gasteiger partial charge in [0, 0.05) is 25.8 Å². The number of urea groups is 1. The molecule has 2 amide bonds. The summed E-state index contributed by atoms with van der Waals surface area (Å²) < 4.78 is 5.32. The summed E-state index contributed by atoms with van der Waals surface area (Å²) in [5, 5.41) is 12.2. The van der Waals surface area contributed by atoms with Crippen molar-refractivity contribution >= 4 is 12.0 Å². The zero-order chi connectivity index (χ0) is 14.7. The van der Waals surface area contributed by atoms with E-state index in [1.807, 2.05) is 13.8 Å². The number of carbonyl (C=O) groups excluding carboxylic acids is 1. The highest BCUT2D eigenvalue weighted by molar-refractivity contribution is 5.83. The Labute approximate surface area is 119 Å². The van der Waals surface area contributed by atoms with Gasteiger partial charge in [-0.2, -0.15) is 0 Å². The van der Waals surface area contributed by atoms with E-state index in [-0.39, 0.29) is 18.0 Å². The number of carbonyl (C=O) groups is 2. The molecule has 20 heavy (non-hydrogen) atoms. The molecule has 2 heterocycles. The molecule has 0 aromatic carbocycles. The van der Waals surface area contributed by atoms with E-state index >= 15 is 0 Å². The molecular weight excluding hydrogens is 260 g/mol. The fourth-order valence-electron chi connectivity index (χ4n) is 3.16. The molecule has 6 heteroatoms. The lowest BCUT2D eigenvalue weighted by Gasteiger charge is -2.31. The van der Waals surface area contributed by atoms with E-state index in [1.54, 1.807) is 0 Å². The zero-order valence-electron chi connectivity index (χ0n) is 12.2. The van der Waals surface area contributed by atoms with Crippen LogP contribution in [0, 0.1) is 11.8 Å². The number of hydrogen-bond acceptors (Lipinski definition) is 3. The van der Waals surface area contributed by atoms with Crippen LogP contribution in [0.5, 0.6) is 0 Å². The van der Waals surface area contributed by atoms with Gasteiger partial charge in [0.05, 0.1) is 0 Å². The maximum Gasteiger partial charge on any atom is 0.326 e. The molecule has 0 bridgehead atoms. The summed E-state index contributed by atoms with van der Waals surface area (Å²) in [6.07, 6.45) is 2.64. The predicted octanol–water partition coefficient (Wildman–Crippen LogP) is 1.31. The van der Waals surface area contributed by atoms with Gasteiger partial charge < -0.3 is 20.1 Å². The van der Waals surface area contributed by atoms with Gasteiger partial charge in [-0.3, -0.25) is 0 Å². The fourth-order valence-corrected chi connectivity index (χ4v) is 3.16. The molecular formula is C14H24N2O4. The second-order valence-electron chi connectivity index (χ2n) is 5.93. The molecule has 3 atom stereocenters. The van der Waals surface area contributed by atoms with Gasteiger partial charge >= 0.3 is 12.0 Å². The van der Waals surface area contributed by atoms with Crippen molar-refractivity contribution in [1.29, 1.82) is 0 Å². The second-order valence-corrected chi connectivity index (χ2v) is 5.93. The van der Waals surface area contributed by atoms with Crippen LogP contribution < -0.4 is 5.32 Å². The van der Waals surface area contributed by atoms with E-state index in [1.165, 1.54) is 4.90 Å². The first-order valence-corrected chi connectivity index (χ1v) is 7.38. The van der Waals surface area contributed by atoms with Gasteiger partial charge in [-0.15, -0.1) is 0 Å². The number of carboxylic acid groups (broad SMARTS) is 1. The molecule has 2 fully saturated rings. The largest absolute Gasteiger partial charge is 0.480 e. The standard InChI is InChI=1S/C14H24N2O4/c1-9-3-6-16(12(9)13(17)18)14(19)15-10(2)11-4-7-20-8-5-11/h9-12H,3-8H2,1-2H3,(H,15,19)(H,17,18). The molecule has 2 aliphatic rings. The average Bonchev–Trinajstić information content (AvgIpc) is 2.81. The van der Waals surface area contributed by atoms with E-state index in [0.717, 1.165) is 32.5 Å². The van der Waals surface area contributed by atoms with Crippen molar-refractivity contribution < 1.29 is 19.4 Å². The lowest BCUT2D eigenvalue weighted by molar-refractivity contribution is -0.142. The molecule has 114 valence electrons. The maximum atomic E-state index is 12.3. The molecule has 2 aliphatic heterocycles. The molecule has 3 unspecified atom stereocenters. The monoisotopic (exact) mass is 284 g/mol. The lowest BCUT2D eigenvalue weighted by Crippen LogP contribution is -2.51. The molecule has 0 aliphatic carbocycles. The Morgan fingerprint density at radius 2 is 1.95 bits per heavy atom. The van der Waals surface area contributed by atoms with Crippen LogP contribution in [0.4, 0.5) is 4.79 Å². The van der Waals surface area contributed by atoms with Crippen LogP contribution in [0.3, 0.4) is 0 Å². The number of nitrogens with zero attached hydrogens (tertiary/aromatic N) is 1. The number of rotatable bonds is 3. The Bertz CT molecular complexity index is 368. The Hall–Kier alpha value is -1.30. The number of nitrogens with one attached hydrogen (secondary N) is 1. The lowest BCUT2D eigenvalue weighted by atomic mass is 9.93. The summed E-state index contributed by atoms with van der Waals surface area (Å²) in [4.78, 5) is 25.0. The first kappa shape index (κ1) is 15.1. The molecule has 0 spiro atoms. The van der Waals surface area contributed by atoms with Crippen molar-refractivity contribution in [3.8, 4) is 0 Å². The van der Waals surface area contributed by atoms with Crippen molar-refractivity contribution in [3.63, 3.8) is 0 Å². The van der Waals surface area contributed by atoms with E-state index in [0.29, 0.717) is 12.5 Å². The first-order valence-electron chi connectivity index (χ1n) is 7.38. The van der Waals surface area contributed by atoms with Crippen LogP contribution in [0.15, 0.2) is 0 Å². The minimum atomic E-state index is -0.913. The summed E-state index contributed by atoms with van der Waals surface area (Å²) in [5.74, 6) is -0.489. The van der Waals surface area contributed by atoms with Crippen LogP contribution in [0.25, 0.3) is 0 Å². The molecule has 0 radical (unpaired) electrons. The zero-order valence-corrected chi connectivity index (χ0v) is 12.2. The van der Waals surface area contributed by atoms with Crippen molar-refractivity contribution in [2.45, 2.75) is 45.2 Å². The van der Waals surface area contributed by atoms with Crippen molar-refractivity contribution in [2.75, 3.05) is 19.8 Å². The van der Waals surface area contributed by atoms with E-state index < -0.39 is 12.0 Å². The molecule has 0 aromatic rings. The fraction of sp³-hybridized carbons (Fsp3) is 0.857. The van der Waals surface area contributed by atoms with E-state index in [9.17, 15) is 14.7 Å². The van der Waals surface area contributed by atoms with E-state index in [4.69, 9.17) is 4.74 Å². The van der Waals surface area contributed by atoms with Crippen LogP contribution in [-0.2, 0) is 9.53 Å². The summed E-state index contributed by atoms with van der Waals surface area (Å²) in [6, 6.07) is -0.894. The van der Waals surface area contributed by atoms with Crippen LogP contribution in [0.1, 0.15) is 33.1 Å². The first-order chi connectivity index (χ1) is 9.50. The van der Waals surface area contributed by atoms with Gasteiger partial charge in [-0.1, -0.05) is 6.92 Å². The normalized spacial score (nSPS) is 29.2. The average molecular weight is 284 g/mol. The van der Waals surface area contributed by atoms with Gasteiger partial charge in [0.15, 0.2) is 0 Å². The quantitative estimate of drug-likeness (QED) is 0.819. The highest BCUT2D eigenvalue weighted by atomic mass is 16.5. The number of amides is 2. The summed E-state index contributed by atoms with van der Waals surface area (Å²) in [6.45, 7) is 5.87. The van der Waals surface area contributed by atoms with Gasteiger partial charge in [0.25, 0.3) is 0 Å². The minimum absolute atomic E-state index is 0.0108. The Morgan fingerprint density at radius 1 is 1.30 bits per heavy atom. The second kappa shape index (κ2) is 6.43. The van der Waals surface area contributed by atoms with Crippen molar-refractivity contribution in [1.82, 2.24) is 10.2 Å². The molecule has 2 saturated heterocycles. The maximum absolute atomic E-state index is 12.3. The molecule has 0 saturated carbocycles. The molecule has 0 aromatic heterocycles. The van der Waals surface area contributed by atoms with E-state index in [2.05, 4.69) is 5.32 Å². The highest BCUT2D eigenvalue weighted by Crippen LogP contribution is 2.25. The van der Waals surface area contributed by atoms with Crippen LogP contribution in [-0.4, -0.2) is 53.8 Å². The van der Waals surface area contributed by atoms with Gasteiger partial charge in [-0.25, -0.2) is 9.59 Å². The molecule has 6 nitrogen and oxygen atoms in total. The number of likely N-dealkylation sites (tertiary alicyclic amines) is 1. The third-order valence-electron chi connectivity index (χ3n) is 4.54. The number of ether oxygens (including phenoxy) is 1. The third-order valence-corrected chi connectivity index (χ3v) is 4.54. The minimum Gasteiger partial charge on any atom is -0.480 e. The number of aliphatic carboxylic acids is 1. The predicted molar refractivity (Wildman–Crippen MR) is 73.4 cm³/mol. The highest BCUT2D eigenvalue weighted by Gasteiger charge is 2.40. The third kappa shape index (κ3) is 3.23. The Kier molecular flexibility index (Phi) is 4.86. The SMILES string of the molecule is CC1CCN(C(=O)NC(C)C2CCOCC2)C1C(=O)O. The van der Waals surface area contributed by atoms with Gasteiger partial charge in [0.2, 0.25) is 0 Å². The number of hydrogen-bond donors (Lipinski definition) is 2. The van der Waals surface area contributed by atoms with Crippen LogP contribution >= 0.6 is 0 Å². The summed E-state index contributed by atoms with van der Waals surface area (Å²) >= 11 is 0. The topological polar surface area (TPSA) is 78.9 Å². The summed E-state index contributed by atoms with van der Waals surface area (Å²) in [5.41, 5.74) is 0. The summed E-state index contributed by atoms with van der Waals surface area (Å²) in [7, 11) is 0. The van der Waals surface area contributed by atoms with Gasteiger partial charge in [-0.05, 0) is 38.0 Å². The Morgan fingerprint density at radius 3 is 2.55 bits per heavy atom. The molecule has 2 rings (SSSR count). The molecule has 2 N–H and O–H groups in total. The van der Waals surface area contributed by atoms with Gasteiger partial charge in [0.1, 0.15) is 6.04 Å². The smallest absolute Gasteiger partial charge is 0.326 e. The van der Waals surface area contributed by atoms with Crippen molar-refractivity contribution in [2.24, 2.45) is 11.8 Å². The number of carboxylic acids is 1. The van der Waals surface area contributed by atoms with Crippen LogP contribution in [0.2, 0.25) is 0 Å². The Balaban J connectivity index is 1.92.